The predicted octanol–water partition coefficient (Wildman–Crippen LogP) is 3.51. The number of benzene rings is 3. The number of aromatic carboxylic acids is 1. The number of carboxylic acids is 1. The lowest BCUT2D eigenvalue weighted by molar-refractivity contribution is 0.0696. The maximum Gasteiger partial charge on any atom is 0.336 e. The van der Waals surface area contributed by atoms with Crippen LogP contribution in [0.15, 0.2) is 57.5 Å². The zero-order valence-electron chi connectivity index (χ0n) is 30.9. The average Bonchev–Trinajstić information content (AvgIpc) is 3.64. The largest absolute Gasteiger partial charge is 0.478 e. The van der Waals surface area contributed by atoms with Crippen LogP contribution < -0.4 is 25.8 Å². The van der Waals surface area contributed by atoms with E-state index in [0.29, 0.717) is 87.1 Å². The van der Waals surface area contributed by atoms with Crippen molar-refractivity contribution in [3.8, 4) is 11.5 Å². The van der Waals surface area contributed by atoms with Gasteiger partial charge in [-0.1, -0.05) is 34.6 Å². The Morgan fingerprint density at radius 2 is 1.78 bits per heavy atom. The first-order valence-corrected chi connectivity index (χ1v) is 21.3. The molecule has 20 heteroatoms. The van der Waals surface area contributed by atoms with E-state index in [0.717, 1.165) is 0 Å². The molecule has 58 heavy (non-hydrogen) atoms. The van der Waals surface area contributed by atoms with Crippen LogP contribution in [0, 0.1) is 0 Å². The number of carbonyl (C=O) groups is 2. The molecule has 1 aromatic heterocycles. The van der Waals surface area contributed by atoms with Crippen LogP contribution in [0.3, 0.4) is 0 Å². The number of allylic oxidation sites excluding steroid dienone is 1. The van der Waals surface area contributed by atoms with Crippen molar-refractivity contribution < 1.29 is 45.4 Å². The molecule has 4 aromatic rings. The van der Waals surface area contributed by atoms with E-state index in [1.54, 1.807) is 41.2 Å². The van der Waals surface area contributed by atoms with E-state index in [1.807, 2.05) is 0 Å². The van der Waals surface area contributed by atoms with Crippen molar-refractivity contribution in [1.82, 2.24) is 25.6 Å². The van der Waals surface area contributed by atoms with Gasteiger partial charge in [0.2, 0.25) is 0 Å². The van der Waals surface area contributed by atoms with Crippen molar-refractivity contribution in [3.63, 3.8) is 0 Å². The highest BCUT2D eigenvalue weighted by molar-refractivity contribution is 7.86. The van der Waals surface area contributed by atoms with Crippen LogP contribution in [0.25, 0.3) is 28.2 Å². The number of carboxylic acid groups (broad SMARTS) is 1. The number of aromatic nitrogens is 3. The Balaban J connectivity index is 1.25. The Labute approximate surface area is 332 Å². The van der Waals surface area contributed by atoms with E-state index in [-0.39, 0.29) is 51.2 Å². The number of fused-ring (bicyclic) bond motifs is 4. The van der Waals surface area contributed by atoms with Gasteiger partial charge in [-0.2, -0.15) is 16.8 Å². The molecule has 0 unspecified atom stereocenters. The first-order valence-electron chi connectivity index (χ1n) is 18.4. The molecular weight excluding hydrogens is 793 g/mol. The summed E-state index contributed by atoms with van der Waals surface area (Å²) in [6.45, 7) is 2.15. The Kier molecular flexibility index (Phi) is 11.5. The molecule has 2 aliphatic carbocycles. The molecule has 0 fully saturated rings. The average molecular weight is 831 g/mol. The quantitative estimate of drug-likeness (QED) is 0.0333. The number of ether oxygens (including phenoxy) is 1. The molecular formula is C38H38N8O10S2. The Morgan fingerprint density at radius 3 is 2.53 bits per heavy atom. The topological polar surface area (TPSA) is 276 Å². The lowest BCUT2D eigenvalue weighted by atomic mass is 9.83. The molecule has 18 nitrogen and oxygen atoms in total. The van der Waals surface area contributed by atoms with Crippen LogP contribution in [0.4, 0.5) is 0 Å². The monoisotopic (exact) mass is 830 g/mol. The van der Waals surface area contributed by atoms with E-state index in [1.165, 1.54) is 18.2 Å². The first kappa shape index (κ1) is 40.3. The Hall–Kier alpha value is -5.89. The summed E-state index contributed by atoms with van der Waals surface area (Å²) in [5, 5.41) is 28.4. The van der Waals surface area contributed by atoms with Crippen molar-refractivity contribution in [2.75, 3.05) is 19.6 Å². The van der Waals surface area contributed by atoms with Gasteiger partial charge in [0.05, 0.1) is 11.3 Å². The molecule has 0 bridgehead atoms. The zero-order valence-corrected chi connectivity index (χ0v) is 32.5. The number of azide groups is 1. The van der Waals surface area contributed by atoms with Crippen molar-refractivity contribution in [2.24, 2.45) is 5.11 Å². The Bertz CT molecular complexity index is 2790. The van der Waals surface area contributed by atoms with Gasteiger partial charge >= 0.3 is 5.97 Å². The third kappa shape index (κ3) is 8.24. The maximum absolute atomic E-state index is 13.4. The number of rotatable bonds is 15. The molecule has 0 saturated heterocycles. The highest BCUT2D eigenvalue weighted by Crippen LogP contribution is 2.46. The lowest BCUT2D eigenvalue weighted by Gasteiger charge is -2.29. The van der Waals surface area contributed by atoms with Gasteiger partial charge in [-0.25, -0.2) is 4.79 Å². The minimum Gasteiger partial charge on any atom is -0.478 e. The summed E-state index contributed by atoms with van der Waals surface area (Å²) < 4.78 is 81.5. The molecule has 2 heterocycles. The number of hydrogen-bond acceptors (Lipinski definition) is 11. The van der Waals surface area contributed by atoms with Gasteiger partial charge < -0.3 is 20.5 Å². The van der Waals surface area contributed by atoms with Gasteiger partial charge in [-0.15, -0.1) is 5.10 Å². The number of aryl methyl sites for hydroxylation is 2. The molecule has 0 radical (unpaired) electrons. The zero-order chi connectivity index (χ0) is 41.2. The number of nitrogens with one attached hydrogen (secondary N) is 2. The van der Waals surface area contributed by atoms with E-state index in [4.69, 9.17) is 10.3 Å². The van der Waals surface area contributed by atoms with Crippen molar-refractivity contribution >= 4 is 49.8 Å². The van der Waals surface area contributed by atoms with Gasteiger partial charge in [0.15, 0.2) is 11.5 Å². The van der Waals surface area contributed by atoms with Gasteiger partial charge in [-0.3, -0.25) is 18.6 Å². The molecule has 3 aromatic carbocycles. The maximum atomic E-state index is 13.4. The second-order valence-electron chi connectivity index (χ2n) is 13.9. The smallest absolute Gasteiger partial charge is 0.336 e. The summed E-state index contributed by atoms with van der Waals surface area (Å²) in [5.41, 5.74) is 10.1. The van der Waals surface area contributed by atoms with Crippen LogP contribution in [0.5, 0.6) is 11.5 Å². The molecule has 7 rings (SSSR count). The summed E-state index contributed by atoms with van der Waals surface area (Å²) in [5.74, 6) is -2.85. The van der Waals surface area contributed by atoms with Gasteiger partial charge in [0, 0.05) is 64.4 Å². The van der Waals surface area contributed by atoms with Crippen LogP contribution in [0.2, 0.25) is 0 Å². The van der Waals surface area contributed by atoms with Gasteiger partial charge in [0.1, 0.15) is 9.79 Å². The fraction of sp³-hybridized carbons (Fsp3) is 0.316. The number of amides is 1. The van der Waals surface area contributed by atoms with E-state index >= 15 is 0 Å². The Morgan fingerprint density at radius 1 is 0.983 bits per heavy atom. The molecule has 1 aliphatic heterocycles. The fourth-order valence-electron chi connectivity index (χ4n) is 7.58. The molecule has 1 amide bonds. The van der Waals surface area contributed by atoms with Crippen molar-refractivity contribution in [1.29, 1.82) is 0 Å². The fourth-order valence-corrected chi connectivity index (χ4v) is 9.38. The third-order valence-electron chi connectivity index (χ3n) is 10.1. The normalized spacial score (nSPS) is 14.2. The summed E-state index contributed by atoms with van der Waals surface area (Å²) in [4.78, 5) is 27.9. The standard InChI is InChI=1S/C38H38N8O10S2/c39-44-42-15-5-13-40-20-25-21-46(45-43-25)16-6-14-41-37(47)24-11-12-28(29(19-24)38(48)49)32-30-17-22-7-1-3-9-26(22)35(57(50,51)52)33(30)56-34-31(32)18-23-8-2-4-10-27(23)36(34)58(53,54)55/h1,7,9,11-12,17-19,21,40H,2-6,8,10,13-16,20H2,(H,41,47)(H,48,49)(H,50,51,52)(H,53,54,55). The molecule has 0 spiro atoms. The highest BCUT2D eigenvalue weighted by Gasteiger charge is 2.37. The van der Waals surface area contributed by atoms with Crippen LogP contribution in [0.1, 0.15) is 86.3 Å². The van der Waals surface area contributed by atoms with Gasteiger partial charge in [-0.05, 0) is 104 Å². The summed E-state index contributed by atoms with van der Waals surface area (Å²) >= 11 is 0. The number of hydrogen-bond donors (Lipinski definition) is 5. The van der Waals surface area contributed by atoms with Crippen LogP contribution in [-0.4, -0.2) is 77.6 Å². The van der Waals surface area contributed by atoms with Crippen molar-refractivity contribution in [3.05, 3.63) is 108 Å². The minimum absolute atomic E-state index is 0.00375. The molecule has 0 saturated carbocycles. The van der Waals surface area contributed by atoms with E-state index in [9.17, 15) is 40.6 Å². The highest BCUT2D eigenvalue weighted by atomic mass is 32.2. The summed E-state index contributed by atoms with van der Waals surface area (Å²) in [7, 11) is -10.0. The lowest BCUT2D eigenvalue weighted by Crippen LogP contribution is -2.30. The minimum atomic E-state index is -5.05. The number of nitrogens with zero attached hydrogens (tertiary/aromatic N) is 6. The van der Waals surface area contributed by atoms with Crippen molar-refractivity contribution in [2.45, 2.75) is 67.8 Å². The first-order chi connectivity index (χ1) is 27.8. The van der Waals surface area contributed by atoms with E-state index in [2.05, 4.69) is 31.0 Å². The third-order valence-corrected chi connectivity index (χ3v) is 11.9. The second-order valence-corrected chi connectivity index (χ2v) is 16.6. The second kappa shape index (κ2) is 16.5. The van der Waals surface area contributed by atoms with Crippen LogP contribution >= 0.6 is 0 Å². The summed E-state index contributed by atoms with van der Waals surface area (Å²) in [6.07, 6.45) is 10.3. The molecule has 5 N–H and O–H groups in total. The van der Waals surface area contributed by atoms with Crippen LogP contribution in [-0.2, 0) is 46.2 Å². The SMILES string of the molecule is [N-]=[N+]=NCCCNCc1cn(CCCNC(=O)c2ccc(C3=c4cc5c(c(S(=O)(=O)O)c4Oc4c3cc3c(c4S(=O)(=O)O)CCCC3)=CCC=C5)c(C(=O)O)c2)nn1. The summed E-state index contributed by atoms with van der Waals surface area (Å²) in [6, 6.07) is 7.21. The number of carbonyl (C=O) groups excluding carboxylic acids is 1. The predicted molar refractivity (Wildman–Crippen MR) is 209 cm³/mol. The molecule has 3 aliphatic rings. The van der Waals surface area contributed by atoms with E-state index < -0.39 is 53.4 Å². The molecule has 302 valence electrons. The van der Waals surface area contributed by atoms with Gasteiger partial charge in [0.25, 0.3) is 26.1 Å². The molecule has 0 atom stereocenters.